The number of fused-ring (bicyclic) bond motifs is 1. The molecular formula is C14H13N3OS. The van der Waals surface area contributed by atoms with Gasteiger partial charge in [-0.2, -0.15) is 4.99 Å². The van der Waals surface area contributed by atoms with Crippen LogP contribution in [0.5, 0.6) is 0 Å². The highest BCUT2D eigenvalue weighted by Gasteiger charge is 2.15. The quantitative estimate of drug-likeness (QED) is 0.726. The van der Waals surface area contributed by atoms with Crippen molar-refractivity contribution in [3.8, 4) is 0 Å². The van der Waals surface area contributed by atoms with Crippen molar-refractivity contribution in [3.05, 3.63) is 51.9 Å². The van der Waals surface area contributed by atoms with Gasteiger partial charge in [0.1, 0.15) is 0 Å². The number of H-pyrrole nitrogens is 1. The van der Waals surface area contributed by atoms with E-state index in [1.165, 1.54) is 11.3 Å². The average molecular weight is 271 g/mol. The lowest BCUT2D eigenvalue weighted by atomic mass is 10.1. The summed E-state index contributed by atoms with van der Waals surface area (Å²) in [5, 5.41) is 2.83. The fourth-order valence-electron chi connectivity index (χ4n) is 2.13. The highest BCUT2D eigenvalue weighted by atomic mass is 32.1. The summed E-state index contributed by atoms with van der Waals surface area (Å²) in [5.41, 5.74) is 2.48. The fourth-order valence-corrected chi connectivity index (χ4v) is 2.86. The molecule has 1 N–H and O–H groups in total. The summed E-state index contributed by atoms with van der Waals surface area (Å²) in [6, 6.07) is 7.78. The Labute approximate surface area is 114 Å². The first kappa shape index (κ1) is 11.9. The van der Waals surface area contributed by atoms with Gasteiger partial charge in [-0.3, -0.25) is 4.79 Å². The van der Waals surface area contributed by atoms with E-state index in [0.29, 0.717) is 10.4 Å². The molecule has 0 bridgehead atoms. The van der Waals surface area contributed by atoms with Crippen LogP contribution in [0.25, 0.3) is 10.9 Å². The third kappa shape index (κ3) is 2.02. The van der Waals surface area contributed by atoms with Crippen LogP contribution in [0.15, 0.2) is 40.8 Å². The molecule has 2 aromatic heterocycles. The van der Waals surface area contributed by atoms with E-state index in [1.807, 2.05) is 54.4 Å². The number of hydrogen-bond acceptors (Lipinski definition) is 2. The summed E-state index contributed by atoms with van der Waals surface area (Å²) in [7, 11) is 1.88. The highest BCUT2D eigenvalue weighted by Crippen LogP contribution is 2.22. The predicted molar refractivity (Wildman–Crippen MR) is 76.2 cm³/mol. The Bertz CT molecular complexity index is 822. The van der Waals surface area contributed by atoms with Gasteiger partial charge in [0.15, 0.2) is 4.80 Å². The van der Waals surface area contributed by atoms with Crippen LogP contribution in [-0.2, 0) is 7.05 Å². The van der Waals surface area contributed by atoms with E-state index >= 15 is 0 Å². The van der Waals surface area contributed by atoms with E-state index < -0.39 is 0 Å². The lowest BCUT2D eigenvalue weighted by Crippen LogP contribution is -2.12. The van der Waals surface area contributed by atoms with Crippen molar-refractivity contribution in [2.45, 2.75) is 6.92 Å². The standard InChI is InChI=1S/C14H13N3OS/c1-9-12(10-5-3-4-6-11(10)15-9)13(18)16-14-17(2)7-8-19-14/h3-8,15H,1-2H3. The van der Waals surface area contributed by atoms with Crippen LogP contribution in [-0.4, -0.2) is 15.5 Å². The van der Waals surface area contributed by atoms with Gasteiger partial charge in [-0.15, -0.1) is 11.3 Å². The van der Waals surface area contributed by atoms with Gasteiger partial charge in [0.25, 0.3) is 5.91 Å². The molecule has 2 heterocycles. The molecule has 3 rings (SSSR count). The van der Waals surface area contributed by atoms with Gasteiger partial charge in [0.2, 0.25) is 0 Å². The molecule has 0 saturated carbocycles. The number of amides is 1. The average Bonchev–Trinajstić information content (AvgIpc) is 2.92. The predicted octanol–water partition coefficient (Wildman–Crippen LogP) is 2.62. The molecule has 3 aromatic rings. The summed E-state index contributed by atoms with van der Waals surface area (Å²) in [5.74, 6) is -0.201. The Morgan fingerprint density at radius 3 is 2.89 bits per heavy atom. The highest BCUT2D eigenvalue weighted by molar-refractivity contribution is 7.07. The summed E-state index contributed by atoms with van der Waals surface area (Å²) < 4.78 is 1.84. The Morgan fingerprint density at radius 2 is 2.16 bits per heavy atom. The molecule has 5 heteroatoms. The molecule has 0 unspecified atom stereocenters. The first-order valence-corrected chi connectivity index (χ1v) is 6.81. The number of hydrogen-bond donors (Lipinski definition) is 1. The van der Waals surface area contributed by atoms with Crippen LogP contribution >= 0.6 is 11.3 Å². The van der Waals surface area contributed by atoms with Gasteiger partial charge >= 0.3 is 0 Å². The van der Waals surface area contributed by atoms with Crippen LogP contribution in [0.1, 0.15) is 16.1 Å². The van der Waals surface area contributed by atoms with Gasteiger partial charge < -0.3 is 9.55 Å². The molecule has 0 saturated heterocycles. The molecule has 0 aliphatic heterocycles. The van der Waals surface area contributed by atoms with Crippen LogP contribution in [0.3, 0.4) is 0 Å². The van der Waals surface area contributed by atoms with Crippen LogP contribution in [0, 0.1) is 6.92 Å². The molecule has 0 aliphatic rings. The lowest BCUT2D eigenvalue weighted by molar-refractivity contribution is 0.0999. The van der Waals surface area contributed by atoms with E-state index in [-0.39, 0.29) is 5.91 Å². The third-order valence-corrected chi connectivity index (χ3v) is 3.91. The van der Waals surface area contributed by atoms with Gasteiger partial charge in [0.05, 0.1) is 5.56 Å². The molecule has 0 atom stereocenters. The zero-order valence-corrected chi connectivity index (χ0v) is 11.5. The minimum Gasteiger partial charge on any atom is -0.358 e. The van der Waals surface area contributed by atoms with Crippen molar-refractivity contribution in [2.75, 3.05) is 0 Å². The summed E-state index contributed by atoms with van der Waals surface area (Å²) >= 11 is 1.45. The summed E-state index contributed by atoms with van der Waals surface area (Å²) in [6.45, 7) is 1.90. The van der Waals surface area contributed by atoms with Crippen LogP contribution in [0.2, 0.25) is 0 Å². The van der Waals surface area contributed by atoms with Gasteiger partial charge in [0, 0.05) is 35.2 Å². The topological polar surface area (TPSA) is 50.1 Å². The lowest BCUT2D eigenvalue weighted by Gasteiger charge is -1.95. The number of rotatable bonds is 1. The molecule has 4 nitrogen and oxygen atoms in total. The maximum atomic E-state index is 12.4. The molecule has 19 heavy (non-hydrogen) atoms. The number of carbonyl (C=O) groups excluding carboxylic acids is 1. The minimum absolute atomic E-state index is 0.201. The number of carbonyl (C=O) groups is 1. The van der Waals surface area contributed by atoms with Crippen LogP contribution in [0.4, 0.5) is 0 Å². The second-order valence-electron chi connectivity index (χ2n) is 4.38. The molecule has 1 amide bonds. The summed E-state index contributed by atoms with van der Waals surface area (Å²) in [6.07, 6.45) is 1.89. The van der Waals surface area contributed by atoms with Crippen molar-refractivity contribution in [2.24, 2.45) is 12.0 Å². The fraction of sp³-hybridized carbons (Fsp3) is 0.143. The number of benzene rings is 1. The summed E-state index contributed by atoms with van der Waals surface area (Å²) in [4.78, 5) is 20.5. The van der Waals surface area contributed by atoms with Crippen LogP contribution < -0.4 is 4.80 Å². The van der Waals surface area contributed by atoms with Crippen molar-refractivity contribution >= 4 is 28.1 Å². The number of nitrogens with one attached hydrogen (secondary N) is 1. The molecule has 0 aliphatic carbocycles. The molecule has 0 fully saturated rings. The zero-order chi connectivity index (χ0) is 13.4. The molecule has 1 aromatic carbocycles. The van der Waals surface area contributed by atoms with E-state index in [4.69, 9.17) is 0 Å². The first-order chi connectivity index (χ1) is 9.16. The monoisotopic (exact) mass is 271 g/mol. The molecular weight excluding hydrogens is 258 g/mol. The third-order valence-electron chi connectivity index (χ3n) is 3.06. The Balaban J connectivity index is 2.18. The molecule has 0 spiro atoms. The number of para-hydroxylation sites is 1. The van der Waals surface area contributed by atoms with Gasteiger partial charge in [-0.1, -0.05) is 18.2 Å². The normalized spacial score (nSPS) is 12.2. The van der Waals surface area contributed by atoms with Crippen molar-refractivity contribution < 1.29 is 4.79 Å². The van der Waals surface area contributed by atoms with Gasteiger partial charge in [-0.25, -0.2) is 0 Å². The van der Waals surface area contributed by atoms with Crippen molar-refractivity contribution in [1.82, 2.24) is 9.55 Å². The van der Waals surface area contributed by atoms with E-state index in [0.717, 1.165) is 16.6 Å². The number of aromatic nitrogens is 2. The maximum Gasteiger partial charge on any atom is 0.282 e. The largest absolute Gasteiger partial charge is 0.358 e. The molecule has 0 radical (unpaired) electrons. The van der Waals surface area contributed by atoms with Crippen molar-refractivity contribution in [3.63, 3.8) is 0 Å². The number of nitrogens with zero attached hydrogens (tertiary/aromatic N) is 2. The number of aryl methyl sites for hydroxylation is 2. The van der Waals surface area contributed by atoms with E-state index in [9.17, 15) is 4.79 Å². The van der Waals surface area contributed by atoms with Crippen molar-refractivity contribution in [1.29, 1.82) is 0 Å². The number of aromatic amines is 1. The van der Waals surface area contributed by atoms with E-state index in [1.54, 1.807) is 0 Å². The zero-order valence-electron chi connectivity index (χ0n) is 10.7. The second-order valence-corrected chi connectivity index (χ2v) is 5.26. The maximum absolute atomic E-state index is 12.4. The molecule has 96 valence electrons. The van der Waals surface area contributed by atoms with Gasteiger partial charge in [-0.05, 0) is 13.0 Å². The second kappa shape index (κ2) is 4.51. The Hall–Kier alpha value is -2.14. The Kier molecular flexibility index (Phi) is 2.83. The Morgan fingerprint density at radius 1 is 1.37 bits per heavy atom. The number of thiazole rings is 1. The smallest absolute Gasteiger partial charge is 0.282 e. The first-order valence-electron chi connectivity index (χ1n) is 5.93. The minimum atomic E-state index is -0.201. The SMILES string of the molecule is Cc1[nH]c2ccccc2c1C(=O)N=c1sccn1C. The van der Waals surface area contributed by atoms with E-state index in [2.05, 4.69) is 9.98 Å².